The van der Waals surface area contributed by atoms with E-state index in [1.807, 2.05) is 0 Å². The Morgan fingerprint density at radius 2 is 2.06 bits per heavy atom. The Labute approximate surface area is 111 Å². The summed E-state index contributed by atoms with van der Waals surface area (Å²) in [6.45, 7) is 6.10. The first-order chi connectivity index (χ1) is 8.74. The maximum Gasteiger partial charge on any atom is 0.142 e. The minimum atomic E-state index is -0.00322. The van der Waals surface area contributed by atoms with E-state index in [4.69, 9.17) is 14.2 Å². The van der Waals surface area contributed by atoms with Gasteiger partial charge in [-0.25, -0.2) is 0 Å². The fraction of sp³-hybridized carbons (Fsp3) is 1.00. The van der Waals surface area contributed by atoms with Crippen LogP contribution < -0.4 is 0 Å². The van der Waals surface area contributed by atoms with E-state index in [0.717, 1.165) is 19.6 Å². The molecule has 0 aromatic rings. The molecule has 1 saturated carbocycles. The normalized spacial score (nSPS) is 48.4. The lowest BCUT2D eigenvalue weighted by atomic mass is 9.53. The van der Waals surface area contributed by atoms with Crippen molar-refractivity contribution in [2.75, 3.05) is 13.2 Å². The number of rotatable bonds is 7. The van der Waals surface area contributed by atoms with Crippen LogP contribution in [-0.2, 0) is 14.2 Å². The van der Waals surface area contributed by atoms with Crippen molar-refractivity contribution >= 4 is 7.85 Å². The Morgan fingerprint density at radius 1 is 1.22 bits per heavy atom. The first-order valence-electron chi connectivity index (χ1n) is 7.65. The molecule has 2 heterocycles. The highest BCUT2D eigenvalue weighted by molar-refractivity contribution is 6.11. The fourth-order valence-electron chi connectivity index (χ4n) is 4.17. The summed E-state index contributed by atoms with van der Waals surface area (Å²) in [5.41, 5.74) is -0.00322. The largest absolute Gasteiger partial charge is 0.378 e. The zero-order valence-electron chi connectivity index (χ0n) is 11.9. The van der Waals surface area contributed by atoms with Crippen LogP contribution in [0.1, 0.15) is 39.5 Å². The summed E-state index contributed by atoms with van der Waals surface area (Å²) in [7, 11) is 2.15. The van der Waals surface area contributed by atoms with E-state index >= 15 is 0 Å². The summed E-state index contributed by atoms with van der Waals surface area (Å²) < 4.78 is 18.2. The molecule has 2 saturated heterocycles. The number of unbranched alkanes of at least 4 members (excludes halogenated alkanes) is 1. The third kappa shape index (κ3) is 1.62. The average molecular weight is 252 g/mol. The summed E-state index contributed by atoms with van der Waals surface area (Å²) in [4.78, 5) is 0. The minimum Gasteiger partial charge on any atom is -0.378 e. The highest BCUT2D eigenvalue weighted by Crippen LogP contribution is 2.64. The van der Waals surface area contributed by atoms with Crippen molar-refractivity contribution in [3.63, 3.8) is 0 Å². The van der Waals surface area contributed by atoms with Gasteiger partial charge in [0.2, 0.25) is 0 Å². The zero-order chi connectivity index (χ0) is 12.8. The van der Waals surface area contributed by atoms with Gasteiger partial charge < -0.3 is 14.2 Å². The molecule has 6 atom stereocenters. The molecule has 1 aliphatic carbocycles. The van der Waals surface area contributed by atoms with Gasteiger partial charge in [-0.2, -0.15) is 0 Å². The van der Waals surface area contributed by atoms with Gasteiger partial charge in [-0.15, -0.1) is 0 Å². The van der Waals surface area contributed by atoms with Gasteiger partial charge in [0.25, 0.3) is 0 Å². The van der Waals surface area contributed by atoms with Crippen LogP contribution in [0.2, 0.25) is 0 Å². The Hall–Kier alpha value is -0.0551. The molecule has 0 N–H and O–H groups in total. The Morgan fingerprint density at radius 3 is 2.78 bits per heavy atom. The quantitative estimate of drug-likeness (QED) is 0.505. The summed E-state index contributed by atoms with van der Waals surface area (Å²) >= 11 is 0. The number of ether oxygens (including phenoxy) is 3. The molecule has 0 aromatic heterocycles. The lowest BCUT2D eigenvalue weighted by Gasteiger charge is -2.63. The van der Waals surface area contributed by atoms with Crippen LogP contribution in [0.15, 0.2) is 0 Å². The maximum atomic E-state index is 6.30. The summed E-state index contributed by atoms with van der Waals surface area (Å²) in [6.07, 6.45) is 5.57. The van der Waals surface area contributed by atoms with Crippen LogP contribution >= 0.6 is 0 Å². The van der Waals surface area contributed by atoms with Crippen molar-refractivity contribution in [3.05, 3.63) is 0 Å². The first-order valence-corrected chi connectivity index (χ1v) is 7.65. The van der Waals surface area contributed by atoms with Crippen molar-refractivity contribution in [2.45, 2.75) is 63.3 Å². The summed E-state index contributed by atoms with van der Waals surface area (Å²) in [5, 5.41) is 0. The van der Waals surface area contributed by atoms with E-state index in [0.29, 0.717) is 24.0 Å². The average Bonchev–Trinajstić information content (AvgIpc) is 2.41. The Bertz CT molecular complexity index is 311. The van der Waals surface area contributed by atoms with Gasteiger partial charge in [0.05, 0.1) is 24.8 Å². The Kier molecular flexibility index (Phi) is 3.46. The van der Waals surface area contributed by atoms with Crippen LogP contribution in [0.4, 0.5) is 0 Å². The molecule has 3 aliphatic rings. The third-order valence-electron chi connectivity index (χ3n) is 5.05. The SMILES string of the molecule is BC1O[C@]2(COCCCC)C(CCC)C3OC1C32. The smallest absolute Gasteiger partial charge is 0.142 e. The van der Waals surface area contributed by atoms with Crippen molar-refractivity contribution in [3.8, 4) is 0 Å². The van der Waals surface area contributed by atoms with Crippen molar-refractivity contribution < 1.29 is 14.2 Å². The summed E-state index contributed by atoms with van der Waals surface area (Å²) in [5.74, 6) is 1.18. The molecule has 0 radical (unpaired) electrons. The van der Waals surface area contributed by atoms with E-state index in [1.165, 1.54) is 19.3 Å². The van der Waals surface area contributed by atoms with Crippen LogP contribution in [0, 0.1) is 11.8 Å². The molecule has 0 spiro atoms. The number of hydrogen-bond acceptors (Lipinski definition) is 3. The van der Waals surface area contributed by atoms with Gasteiger partial charge in [0.1, 0.15) is 13.4 Å². The topological polar surface area (TPSA) is 27.7 Å². The van der Waals surface area contributed by atoms with Gasteiger partial charge in [-0.3, -0.25) is 0 Å². The fourth-order valence-corrected chi connectivity index (χ4v) is 4.17. The van der Waals surface area contributed by atoms with Gasteiger partial charge in [0, 0.05) is 18.4 Å². The predicted molar refractivity (Wildman–Crippen MR) is 72.4 cm³/mol. The second-order valence-electron chi connectivity index (χ2n) is 6.17. The Balaban J connectivity index is 1.63. The standard InChI is InChI=1S/C14H25BO3/c1-3-5-7-16-8-14-9(6-4-2)11-10(14)12(17-11)13(15)18-14/h9-13H,3-8,15H2,1-2H3/t9?,10?,11?,12?,13?,14-/m1/s1. The molecule has 4 heteroatoms. The molecule has 0 amide bonds. The highest BCUT2D eigenvalue weighted by atomic mass is 16.6. The second-order valence-corrected chi connectivity index (χ2v) is 6.17. The van der Waals surface area contributed by atoms with Gasteiger partial charge in [-0.1, -0.05) is 26.7 Å². The van der Waals surface area contributed by atoms with Gasteiger partial charge in [0.15, 0.2) is 0 Å². The summed E-state index contributed by atoms with van der Waals surface area (Å²) in [6, 6.07) is 0.253. The molecular weight excluding hydrogens is 227 g/mol. The lowest BCUT2D eigenvalue weighted by Crippen LogP contribution is -2.75. The number of hydrogen-bond donors (Lipinski definition) is 0. The molecule has 5 unspecified atom stereocenters. The van der Waals surface area contributed by atoms with E-state index in [-0.39, 0.29) is 11.6 Å². The molecule has 3 fully saturated rings. The minimum absolute atomic E-state index is 0.00322. The van der Waals surface area contributed by atoms with Crippen LogP contribution in [0.5, 0.6) is 0 Å². The van der Waals surface area contributed by atoms with Gasteiger partial charge in [-0.05, 0) is 12.8 Å². The molecule has 3 rings (SSSR count). The molecule has 0 bridgehead atoms. The zero-order valence-corrected chi connectivity index (χ0v) is 11.9. The first kappa shape index (κ1) is 13.0. The molecule has 2 aliphatic heterocycles. The molecule has 102 valence electrons. The van der Waals surface area contributed by atoms with Crippen molar-refractivity contribution in [1.82, 2.24) is 0 Å². The molecular formula is C14H25BO3. The molecule has 0 aromatic carbocycles. The third-order valence-corrected chi connectivity index (χ3v) is 5.05. The highest BCUT2D eigenvalue weighted by Gasteiger charge is 2.77. The van der Waals surface area contributed by atoms with Gasteiger partial charge >= 0.3 is 0 Å². The molecule has 3 nitrogen and oxygen atoms in total. The van der Waals surface area contributed by atoms with E-state index in [2.05, 4.69) is 21.7 Å². The maximum absolute atomic E-state index is 6.30. The van der Waals surface area contributed by atoms with Crippen molar-refractivity contribution in [1.29, 1.82) is 0 Å². The second kappa shape index (κ2) is 4.80. The van der Waals surface area contributed by atoms with E-state index in [1.54, 1.807) is 0 Å². The predicted octanol–water partition coefficient (Wildman–Crippen LogP) is 1.34. The molecule has 18 heavy (non-hydrogen) atoms. The monoisotopic (exact) mass is 252 g/mol. The van der Waals surface area contributed by atoms with Crippen LogP contribution in [-0.4, -0.2) is 44.9 Å². The van der Waals surface area contributed by atoms with Crippen molar-refractivity contribution in [2.24, 2.45) is 11.8 Å². The van der Waals surface area contributed by atoms with E-state index < -0.39 is 0 Å². The van der Waals surface area contributed by atoms with E-state index in [9.17, 15) is 0 Å². The van der Waals surface area contributed by atoms with Crippen LogP contribution in [0.3, 0.4) is 0 Å². The van der Waals surface area contributed by atoms with Crippen LogP contribution in [0.25, 0.3) is 0 Å². The lowest BCUT2D eigenvalue weighted by molar-refractivity contribution is -0.320.